The molecule has 0 aliphatic heterocycles. The van der Waals surface area contributed by atoms with Crippen molar-refractivity contribution in [2.45, 2.75) is 5.03 Å². The third-order valence-electron chi connectivity index (χ3n) is 2.35. The first-order chi connectivity index (χ1) is 9.45. The van der Waals surface area contributed by atoms with Gasteiger partial charge in [-0.15, -0.1) is 11.3 Å². The molecule has 4 N–H and O–H groups in total. The molecule has 9 nitrogen and oxygen atoms in total. The molecule has 1 amide bonds. The lowest BCUT2D eigenvalue weighted by atomic mass is 10.7. The number of hydrogen-bond acceptors (Lipinski definition) is 7. The van der Waals surface area contributed by atoms with Crippen molar-refractivity contribution in [3.05, 3.63) is 11.6 Å². The van der Waals surface area contributed by atoms with Crippen molar-refractivity contribution < 1.29 is 17.9 Å². The third-order valence-corrected chi connectivity index (χ3v) is 4.59. The van der Waals surface area contributed by atoms with Crippen LogP contribution in [-0.2, 0) is 14.8 Å². The number of sulfonamides is 1. The van der Waals surface area contributed by atoms with Crippen LogP contribution in [0.15, 0.2) is 16.6 Å². The molecule has 2 aromatic heterocycles. The summed E-state index contributed by atoms with van der Waals surface area (Å²) in [5, 5.41) is 4.48. The largest absolute Gasteiger partial charge is 0.448 e. The Balaban J connectivity index is 2.22. The molecule has 0 aliphatic rings. The minimum Gasteiger partial charge on any atom is -0.448 e. The molecule has 2 heterocycles. The Labute approximate surface area is 118 Å². The number of aromatic nitrogens is 2. The monoisotopic (exact) mass is 319 g/mol. The van der Waals surface area contributed by atoms with Crippen LogP contribution in [0, 0.1) is 0 Å². The number of nitrogens with two attached hydrogens (primary N) is 1. The third kappa shape index (κ3) is 2.84. The van der Waals surface area contributed by atoms with Crippen molar-refractivity contribution in [1.29, 1.82) is 0 Å². The Morgan fingerprint density at radius 2 is 2.35 bits per heavy atom. The maximum atomic E-state index is 12.3. The van der Waals surface area contributed by atoms with E-state index in [-0.39, 0.29) is 24.0 Å². The number of nitrogens with zero attached hydrogens (tertiary/aromatic N) is 2. The SMILES string of the molecule is CNc1nc2sccn2c1S(=O)(=O)NCCOC(N)=O. The number of hydrogen-bond donors (Lipinski definition) is 3. The summed E-state index contributed by atoms with van der Waals surface area (Å²) in [7, 11) is -2.21. The van der Waals surface area contributed by atoms with Gasteiger partial charge in [-0.05, 0) is 0 Å². The van der Waals surface area contributed by atoms with Crippen molar-refractivity contribution in [3.63, 3.8) is 0 Å². The predicted octanol–water partition coefficient (Wildman–Crippen LogP) is -0.189. The van der Waals surface area contributed by atoms with Crippen LogP contribution in [0.2, 0.25) is 0 Å². The number of nitrogens with one attached hydrogen (secondary N) is 2. The lowest BCUT2D eigenvalue weighted by molar-refractivity contribution is 0.159. The molecular weight excluding hydrogens is 306 g/mol. The van der Waals surface area contributed by atoms with Gasteiger partial charge in [0.15, 0.2) is 15.8 Å². The molecule has 0 saturated carbocycles. The van der Waals surface area contributed by atoms with E-state index in [9.17, 15) is 13.2 Å². The molecule has 0 spiro atoms. The molecule has 20 heavy (non-hydrogen) atoms. The van der Waals surface area contributed by atoms with Gasteiger partial charge in [-0.2, -0.15) is 0 Å². The number of imidazole rings is 1. The van der Waals surface area contributed by atoms with Gasteiger partial charge in [0.25, 0.3) is 10.0 Å². The van der Waals surface area contributed by atoms with E-state index >= 15 is 0 Å². The Hall–Kier alpha value is -1.85. The van der Waals surface area contributed by atoms with Crippen LogP contribution in [0.25, 0.3) is 4.96 Å². The number of anilines is 1. The molecule has 2 aromatic rings. The van der Waals surface area contributed by atoms with Gasteiger partial charge < -0.3 is 15.8 Å². The fourth-order valence-corrected chi connectivity index (χ4v) is 3.65. The number of thiazole rings is 1. The maximum absolute atomic E-state index is 12.3. The average Bonchev–Trinajstić information content (AvgIpc) is 2.93. The molecule has 110 valence electrons. The second-order valence-corrected chi connectivity index (χ2v) is 6.19. The minimum absolute atomic E-state index is 0.00956. The van der Waals surface area contributed by atoms with Gasteiger partial charge in [-0.3, -0.25) is 4.40 Å². The molecule has 0 aliphatic carbocycles. The average molecular weight is 319 g/mol. The lowest BCUT2D eigenvalue weighted by Gasteiger charge is -2.07. The normalized spacial score (nSPS) is 11.7. The van der Waals surface area contributed by atoms with Crippen LogP contribution in [0.4, 0.5) is 10.6 Å². The summed E-state index contributed by atoms with van der Waals surface area (Å²) in [6.07, 6.45) is 0.659. The van der Waals surface area contributed by atoms with Crippen LogP contribution in [0.5, 0.6) is 0 Å². The Bertz CT molecular complexity index is 720. The lowest BCUT2D eigenvalue weighted by Crippen LogP contribution is -2.30. The van der Waals surface area contributed by atoms with Crippen LogP contribution < -0.4 is 15.8 Å². The highest BCUT2D eigenvalue weighted by Gasteiger charge is 2.25. The van der Waals surface area contributed by atoms with Crippen molar-refractivity contribution in [1.82, 2.24) is 14.1 Å². The highest BCUT2D eigenvalue weighted by Crippen LogP contribution is 2.24. The van der Waals surface area contributed by atoms with Crippen LogP contribution >= 0.6 is 11.3 Å². The Morgan fingerprint density at radius 1 is 1.60 bits per heavy atom. The zero-order chi connectivity index (χ0) is 14.8. The summed E-state index contributed by atoms with van der Waals surface area (Å²) in [5.74, 6) is 0.250. The summed E-state index contributed by atoms with van der Waals surface area (Å²) in [5.41, 5.74) is 4.78. The molecule has 0 saturated heterocycles. The number of ether oxygens (including phenoxy) is 1. The van der Waals surface area contributed by atoms with E-state index in [0.29, 0.717) is 4.96 Å². The quantitative estimate of drug-likeness (QED) is 0.633. The number of fused-ring (bicyclic) bond motifs is 1. The second-order valence-electron chi connectivity index (χ2n) is 3.64. The minimum atomic E-state index is -3.79. The molecule has 0 fully saturated rings. The highest BCUT2D eigenvalue weighted by atomic mass is 32.2. The molecule has 0 radical (unpaired) electrons. The Kier molecular flexibility index (Phi) is 4.11. The van der Waals surface area contributed by atoms with E-state index in [0.717, 1.165) is 0 Å². The standard InChI is InChI=1S/C9H13N5O4S2/c1-11-6-7(14-3-5-19-9(14)13-6)20(16,17)12-2-4-18-8(10)15/h3,5,11-12H,2,4H2,1H3,(H2,10,15). The van der Waals surface area contributed by atoms with Gasteiger partial charge >= 0.3 is 6.09 Å². The van der Waals surface area contributed by atoms with Gasteiger partial charge in [-0.25, -0.2) is 22.9 Å². The molecule has 0 atom stereocenters. The van der Waals surface area contributed by atoms with E-state index < -0.39 is 16.1 Å². The van der Waals surface area contributed by atoms with Gasteiger partial charge in [-0.1, -0.05) is 0 Å². The van der Waals surface area contributed by atoms with Crippen molar-refractivity contribution >= 4 is 38.2 Å². The van der Waals surface area contributed by atoms with Gasteiger partial charge in [0, 0.05) is 25.2 Å². The number of primary amides is 1. The zero-order valence-corrected chi connectivity index (χ0v) is 12.1. The van der Waals surface area contributed by atoms with Gasteiger partial charge in [0.2, 0.25) is 0 Å². The van der Waals surface area contributed by atoms with E-state index in [1.165, 1.54) is 15.7 Å². The van der Waals surface area contributed by atoms with E-state index in [1.807, 2.05) is 0 Å². The van der Waals surface area contributed by atoms with Crippen LogP contribution in [-0.4, -0.2) is 44.1 Å². The summed E-state index contributed by atoms with van der Waals surface area (Å²) in [6, 6.07) is 0. The van der Waals surface area contributed by atoms with E-state index in [4.69, 9.17) is 5.73 Å². The zero-order valence-electron chi connectivity index (χ0n) is 10.5. The van der Waals surface area contributed by atoms with E-state index in [2.05, 4.69) is 19.8 Å². The number of carbonyl (C=O) groups is 1. The van der Waals surface area contributed by atoms with Crippen molar-refractivity contribution in [2.75, 3.05) is 25.5 Å². The highest BCUT2D eigenvalue weighted by molar-refractivity contribution is 7.89. The molecule has 0 bridgehead atoms. The fraction of sp³-hybridized carbons (Fsp3) is 0.333. The second kappa shape index (κ2) is 5.64. The maximum Gasteiger partial charge on any atom is 0.404 e. The number of amides is 1. The fourth-order valence-electron chi connectivity index (χ4n) is 1.58. The van der Waals surface area contributed by atoms with Crippen molar-refractivity contribution in [2.24, 2.45) is 5.73 Å². The smallest absolute Gasteiger partial charge is 0.404 e. The summed E-state index contributed by atoms with van der Waals surface area (Å²) in [4.78, 5) is 15.1. The van der Waals surface area contributed by atoms with Crippen molar-refractivity contribution in [3.8, 4) is 0 Å². The first-order valence-corrected chi connectivity index (χ1v) is 7.87. The summed E-state index contributed by atoms with van der Waals surface area (Å²) >= 11 is 1.32. The number of carbonyl (C=O) groups excluding carboxylic acids is 1. The van der Waals surface area contributed by atoms with Crippen LogP contribution in [0.1, 0.15) is 0 Å². The summed E-state index contributed by atoms with van der Waals surface area (Å²) < 4.78 is 32.7. The summed E-state index contributed by atoms with van der Waals surface area (Å²) in [6.45, 7) is -0.221. The molecular formula is C9H13N5O4S2. The van der Waals surface area contributed by atoms with Gasteiger partial charge in [0.05, 0.1) is 0 Å². The molecule has 2 rings (SSSR count). The first kappa shape index (κ1) is 14.6. The number of rotatable bonds is 6. The first-order valence-electron chi connectivity index (χ1n) is 5.51. The van der Waals surface area contributed by atoms with E-state index in [1.54, 1.807) is 18.6 Å². The molecule has 0 aromatic carbocycles. The molecule has 0 unspecified atom stereocenters. The van der Waals surface area contributed by atoms with Crippen LogP contribution in [0.3, 0.4) is 0 Å². The molecule has 11 heteroatoms. The van der Waals surface area contributed by atoms with Gasteiger partial charge in [0.1, 0.15) is 6.61 Å². The predicted molar refractivity (Wildman–Crippen MR) is 73.3 cm³/mol. The Morgan fingerprint density at radius 3 is 3.00 bits per heavy atom. The topological polar surface area (TPSA) is 128 Å².